The van der Waals surface area contributed by atoms with Gasteiger partial charge >= 0.3 is 0 Å². The molecule has 3 fully saturated rings. The van der Waals surface area contributed by atoms with Crippen LogP contribution in [0.1, 0.15) is 37.7 Å². The summed E-state index contributed by atoms with van der Waals surface area (Å²) in [5.41, 5.74) is 1.98. The molecule has 1 aromatic rings. The van der Waals surface area contributed by atoms with Crippen LogP contribution in [0.4, 0.5) is 0 Å². The fraction of sp³-hybridized carbons (Fsp3) is 0.667. The molecule has 2 heterocycles. The van der Waals surface area contributed by atoms with E-state index in [-0.39, 0.29) is 0 Å². The zero-order valence-electron chi connectivity index (χ0n) is 12.4. The topological polar surface area (TPSA) is 15.3 Å². The van der Waals surface area contributed by atoms with Gasteiger partial charge in [-0.3, -0.25) is 4.90 Å². The van der Waals surface area contributed by atoms with Gasteiger partial charge < -0.3 is 5.32 Å². The fourth-order valence-electron chi connectivity index (χ4n) is 4.96. The Kier molecular flexibility index (Phi) is 3.31. The lowest BCUT2D eigenvalue weighted by Crippen LogP contribution is -2.48. The van der Waals surface area contributed by atoms with Crippen LogP contribution in [0.2, 0.25) is 0 Å². The van der Waals surface area contributed by atoms with Gasteiger partial charge in [0.1, 0.15) is 0 Å². The van der Waals surface area contributed by atoms with Crippen LogP contribution < -0.4 is 5.32 Å². The Bertz CT molecular complexity index is 444. The highest BCUT2D eigenvalue weighted by Crippen LogP contribution is 2.45. The summed E-state index contributed by atoms with van der Waals surface area (Å²) >= 11 is 0. The summed E-state index contributed by atoms with van der Waals surface area (Å²) in [4.78, 5) is 2.70. The van der Waals surface area contributed by atoms with E-state index in [9.17, 15) is 0 Å². The predicted molar refractivity (Wildman–Crippen MR) is 82.5 cm³/mol. The minimum Gasteiger partial charge on any atom is -0.311 e. The Labute approximate surface area is 122 Å². The number of fused-ring (bicyclic) bond motifs is 2. The van der Waals surface area contributed by atoms with Gasteiger partial charge in [-0.2, -0.15) is 0 Å². The molecule has 0 amide bonds. The van der Waals surface area contributed by atoms with Gasteiger partial charge in [-0.25, -0.2) is 0 Å². The van der Waals surface area contributed by atoms with Crippen LogP contribution in [0, 0.1) is 11.8 Å². The first-order valence-electron chi connectivity index (χ1n) is 8.37. The molecular weight excluding hydrogens is 244 g/mol. The molecule has 1 N–H and O–H groups in total. The maximum absolute atomic E-state index is 3.93. The Balaban J connectivity index is 1.45. The first kappa shape index (κ1) is 12.8. The van der Waals surface area contributed by atoms with Gasteiger partial charge in [0, 0.05) is 31.7 Å². The van der Waals surface area contributed by atoms with Crippen LogP contribution in [0.3, 0.4) is 0 Å². The SMILES string of the molecule is c1ccc(CN2C[C@H]3CNC4(CCCCC4)[C@@H]3C2)cc1. The highest BCUT2D eigenvalue weighted by Gasteiger charge is 2.51. The van der Waals surface area contributed by atoms with Gasteiger partial charge in [0.2, 0.25) is 0 Å². The molecule has 2 saturated heterocycles. The van der Waals surface area contributed by atoms with Crippen LogP contribution >= 0.6 is 0 Å². The second-order valence-corrected chi connectivity index (χ2v) is 7.14. The van der Waals surface area contributed by atoms with Crippen molar-refractivity contribution in [1.29, 1.82) is 0 Å². The van der Waals surface area contributed by atoms with Crippen molar-refractivity contribution >= 4 is 0 Å². The third kappa shape index (κ3) is 2.19. The summed E-state index contributed by atoms with van der Waals surface area (Å²) in [6.45, 7) is 5.01. The maximum Gasteiger partial charge on any atom is 0.0233 e. The molecule has 4 rings (SSSR count). The van der Waals surface area contributed by atoms with E-state index in [0.29, 0.717) is 5.54 Å². The van der Waals surface area contributed by atoms with E-state index in [0.717, 1.165) is 18.4 Å². The van der Waals surface area contributed by atoms with Crippen molar-refractivity contribution in [2.24, 2.45) is 11.8 Å². The zero-order chi connectivity index (χ0) is 13.4. The average molecular weight is 270 g/mol. The van der Waals surface area contributed by atoms with Gasteiger partial charge in [-0.1, -0.05) is 49.6 Å². The van der Waals surface area contributed by atoms with Crippen molar-refractivity contribution < 1.29 is 0 Å². The third-order valence-electron chi connectivity index (χ3n) is 5.94. The van der Waals surface area contributed by atoms with E-state index in [2.05, 4.69) is 40.5 Å². The summed E-state index contributed by atoms with van der Waals surface area (Å²) in [6, 6.07) is 11.0. The lowest BCUT2D eigenvalue weighted by atomic mass is 9.72. The zero-order valence-corrected chi connectivity index (χ0v) is 12.4. The van der Waals surface area contributed by atoms with Crippen molar-refractivity contribution in [2.75, 3.05) is 19.6 Å². The molecule has 1 saturated carbocycles. The quantitative estimate of drug-likeness (QED) is 0.888. The van der Waals surface area contributed by atoms with Gasteiger partial charge in [0.05, 0.1) is 0 Å². The van der Waals surface area contributed by atoms with Gasteiger partial charge in [-0.15, -0.1) is 0 Å². The molecule has 2 atom stereocenters. The molecule has 0 aromatic heterocycles. The summed E-state index contributed by atoms with van der Waals surface area (Å²) < 4.78 is 0. The minimum absolute atomic E-state index is 0.508. The number of hydrogen-bond donors (Lipinski definition) is 1. The number of rotatable bonds is 2. The molecule has 2 nitrogen and oxygen atoms in total. The summed E-state index contributed by atoms with van der Waals surface area (Å²) in [6.07, 6.45) is 7.18. The molecule has 0 radical (unpaired) electrons. The molecule has 108 valence electrons. The van der Waals surface area contributed by atoms with Gasteiger partial charge in [0.15, 0.2) is 0 Å². The van der Waals surface area contributed by atoms with Crippen LogP contribution in [-0.2, 0) is 6.54 Å². The van der Waals surface area contributed by atoms with Crippen molar-refractivity contribution in [3.63, 3.8) is 0 Å². The molecule has 2 heteroatoms. The Morgan fingerprint density at radius 2 is 1.85 bits per heavy atom. The van der Waals surface area contributed by atoms with Crippen LogP contribution in [0.5, 0.6) is 0 Å². The maximum atomic E-state index is 3.93. The molecular formula is C18H26N2. The van der Waals surface area contributed by atoms with Crippen molar-refractivity contribution in [3.8, 4) is 0 Å². The summed E-state index contributed by atoms with van der Waals surface area (Å²) in [5, 5.41) is 3.93. The summed E-state index contributed by atoms with van der Waals surface area (Å²) in [5.74, 6) is 1.81. The fourth-order valence-corrected chi connectivity index (χ4v) is 4.96. The molecule has 3 aliphatic rings. The predicted octanol–water partition coefficient (Wildman–Crippen LogP) is 3.04. The normalized spacial score (nSPS) is 32.6. The number of hydrogen-bond acceptors (Lipinski definition) is 2. The molecule has 0 bridgehead atoms. The standard InChI is InChI=1S/C18H26N2/c1-3-7-15(8-4-1)12-20-13-16-11-19-18(17(16)14-20)9-5-2-6-10-18/h1,3-4,7-8,16-17,19H,2,5-6,9-14H2/t16-,17-/m1/s1. The lowest BCUT2D eigenvalue weighted by Gasteiger charge is -2.39. The van der Waals surface area contributed by atoms with Crippen LogP contribution in [-0.4, -0.2) is 30.1 Å². The van der Waals surface area contributed by atoms with E-state index in [1.54, 1.807) is 0 Å². The summed E-state index contributed by atoms with van der Waals surface area (Å²) in [7, 11) is 0. The first-order valence-corrected chi connectivity index (χ1v) is 8.37. The third-order valence-corrected chi connectivity index (χ3v) is 5.94. The molecule has 0 unspecified atom stereocenters. The second kappa shape index (κ2) is 5.16. The number of nitrogens with zero attached hydrogens (tertiary/aromatic N) is 1. The Morgan fingerprint density at radius 3 is 2.65 bits per heavy atom. The van der Waals surface area contributed by atoms with E-state index >= 15 is 0 Å². The highest BCUT2D eigenvalue weighted by molar-refractivity contribution is 5.16. The van der Waals surface area contributed by atoms with E-state index in [4.69, 9.17) is 0 Å². The highest BCUT2D eigenvalue weighted by atomic mass is 15.2. The van der Waals surface area contributed by atoms with E-state index in [1.807, 2.05) is 0 Å². The monoisotopic (exact) mass is 270 g/mol. The molecule has 1 aliphatic carbocycles. The van der Waals surface area contributed by atoms with E-state index < -0.39 is 0 Å². The molecule has 20 heavy (non-hydrogen) atoms. The first-order chi connectivity index (χ1) is 9.86. The van der Waals surface area contributed by atoms with Crippen LogP contribution in [0.15, 0.2) is 30.3 Å². The van der Waals surface area contributed by atoms with Crippen molar-refractivity contribution in [3.05, 3.63) is 35.9 Å². The number of likely N-dealkylation sites (tertiary alicyclic amines) is 1. The average Bonchev–Trinajstić information content (AvgIpc) is 3.03. The Morgan fingerprint density at radius 1 is 1.05 bits per heavy atom. The Hall–Kier alpha value is -0.860. The smallest absolute Gasteiger partial charge is 0.0233 e. The molecule has 2 aliphatic heterocycles. The van der Waals surface area contributed by atoms with Crippen molar-refractivity contribution in [2.45, 2.75) is 44.2 Å². The lowest BCUT2D eigenvalue weighted by molar-refractivity contribution is 0.177. The number of benzene rings is 1. The second-order valence-electron chi connectivity index (χ2n) is 7.14. The minimum atomic E-state index is 0.508. The van der Waals surface area contributed by atoms with E-state index in [1.165, 1.54) is 57.3 Å². The van der Waals surface area contributed by atoms with Gasteiger partial charge in [0.25, 0.3) is 0 Å². The number of nitrogens with one attached hydrogen (secondary N) is 1. The van der Waals surface area contributed by atoms with Crippen LogP contribution in [0.25, 0.3) is 0 Å². The van der Waals surface area contributed by atoms with Gasteiger partial charge in [-0.05, 0) is 30.2 Å². The molecule has 1 aromatic carbocycles. The largest absolute Gasteiger partial charge is 0.311 e. The molecule has 1 spiro atoms. The van der Waals surface area contributed by atoms with Crippen molar-refractivity contribution in [1.82, 2.24) is 10.2 Å².